The number of rotatable bonds is 9. The maximum atomic E-state index is 14.4. The van der Waals surface area contributed by atoms with E-state index in [-0.39, 0.29) is 39.5 Å². The van der Waals surface area contributed by atoms with E-state index in [2.05, 4.69) is 4.99 Å². The Balaban J connectivity index is 1.66. The number of ether oxygens (including phenoxy) is 3. The van der Waals surface area contributed by atoms with Gasteiger partial charge in [-0.25, -0.2) is 9.79 Å². The number of allylic oxidation sites excluding steroid dienone is 1. The number of alkyl halides is 3. The zero-order chi connectivity index (χ0) is 33.2. The van der Waals surface area contributed by atoms with Gasteiger partial charge < -0.3 is 14.2 Å². The first-order valence-electron chi connectivity index (χ1n) is 13.5. The molecule has 0 N–H and O–H groups in total. The quantitative estimate of drug-likeness (QED) is 0.131. The molecule has 15 heteroatoms. The predicted octanol–water partition coefficient (Wildman–Crippen LogP) is 5.49. The molecule has 2 heterocycles. The normalized spacial score (nSPS) is 14.8. The van der Waals surface area contributed by atoms with Crippen LogP contribution in [0.25, 0.3) is 6.08 Å². The highest BCUT2D eigenvalue weighted by molar-refractivity contribution is 7.07. The SMILES string of the molecule is CCOC(=O)C1=C(C(F)(F)F)N=c2s/c(=C\c3cccc(OC)c3OCc3ccc([N+](=O)[O-])cc3)c(=O)n2[C@H]1c1ccc(Cl)cc1. The molecule has 10 nitrogen and oxygen atoms in total. The first-order chi connectivity index (χ1) is 21.9. The molecular formula is C31H23ClF3N3O7S. The summed E-state index contributed by atoms with van der Waals surface area (Å²) in [6, 6.07) is 14.8. The first-order valence-corrected chi connectivity index (χ1v) is 14.7. The van der Waals surface area contributed by atoms with Crippen LogP contribution in [0.3, 0.4) is 0 Å². The second-order valence-electron chi connectivity index (χ2n) is 9.71. The van der Waals surface area contributed by atoms with Gasteiger partial charge in [0.1, 0.15) is 6.61 Å². The lowest BCUT2D eigenvalue weighted by Crippen LogP contribution is -2.41. The fourth-order valence-corrected chi connectivity index (χ4v) is 5.89. The number of aromatic nitrogens is 1. The number of non-ortho nitro benzene ring substituents is 1. The summed E-state index contributed by atoms with van der Waals surface area (Å²) in [7, 11) is 1.41. The number of fused-ring (bicyclic) bond motifs is 1. The van der Waals surface area contributed by atoms with Crippen molar-refractivity contribution in [1.82, 2.24) is 4.57 Å². The number of nitro groups is 1. The van der Waals surface area contributed by atoms with Crippen LogP contribution in [-0.4, -0.2) is 35.4 Å². The molecule has 238 valence electrons. The molecular weight excluding hydrogens is 651 g/mol. The molecule has 0 amide bonds. The van der Waals surface area contributed by atoms with Gasteiger partial charge in [-0.05, 0) is 54.5 Å². The van der Waals surface area contributed by atoms with Gasteiger partial charge in [-0.2, -0.15) is 13.2 Å². The molecule has 0 bridgehead atoms. The van der Waals surface area contributed by atoms with Gasteiger partial charge in [0.15, 0.2) is 22.0 Å². The Labute approximate surface area is 267 Å². The zero-order valence-corrected chi connectivity index (χ0v) is 25.6. The van der Waals surface area contributed by atoms with E-state index in [0.717, 1.165) is 4.57 Å². The number of hydrogen-bond donors (Lipinski definition) is 0. The molecule has 0 unspecified atom stereocenters. The minimum atomic E-state index is -5.05. The van der Waals surface area contributed by atoms with Crippen LogP contribution >= 0.6 is 22.9 Å². The van der Waals surface area contributed by atoms with Crippen LogP contribution in [0.5, 0.6) is 11.5 Å². The summed E-state index contributed by atoms with van der Waals surface area (Å²) in [5, 5.41) is 11.3. The van der Waals surface area contributed by atoms with Gasteiger partial charge in [0.25, 0.3) is 11.2 Å². The Morgan fingerprint density at radius 1 is 1.13 bits per heavy atom. The van der Waals surface area contributed by atoms with E-state index >= 15 is 0 Å². The number of thiazole rings is 1. The van der Waals surface area contributed by atoms with Crippen molar-refractivity contribution in [2.45, 2.75) is 25.7 Å². The van der Waals surface area contributed by atoms with E-state index in [4.69, 9.17) is 25.8 Å². The van der Waals surface area contributed by atoms with Crippen molar-refractivity contribution in [3.63, 3.8) is 0 Å². The average molecular weight is 674 g/mol. The van der Waals surface area contributed by atoms with Crippen LogP contribution in [0.2, 0.25) is 5.02 Å². The number of nitrogens with zero attached hydrogens (tertiary/aromatic N) is 3. The standard InChI is InChI=1S/C31H23ClF3N3O7S/c1-3-44-29(40)24-25(18-9-11-20(32)12-10-18)37-28(39)23(46-30(37)36-27(24)31(33,34)35)15-19-5-4-6-22(43-2)26(19)45-16-17-7-13-21(14-8-17)38(41)42/h4-15,25H,3,16H2,1-2H3/b23-15-/t25-/m0/s1. The number of carbonyl (C=O) groups is 1. The van der Waals surface area contributed by atoms with Gasteiger partial charge >= 0.3 is 12.1 Å². The highest BCUT2D eigenvalue weighted by Gasteiger charge is 2.45. The number of esters is 1. The third-order valence-corrected chi connectivity index (χ3v) is 8.06. The summed E-state index contributed by atoms with van der Waals surface area (Å²) in [4.78, 5) is 40.9. The Hall–Kier alpha value is -4.95. The van der Waals surface area contributed by atoms with Crippen molar-refractivity contribution >= 4 is 40.7 Å². The second-order valence-corrected chi connectivity index (χ2v) is 11.2. The minimum Gasteiger partial charge on any atom is -0.493 e. The lowest BCUT2D eigenvalue weighted by atomic mass is 9.95. The van der Waals surface area contributed by atoms with Crippen LogP contribution in [0, 0.1) is 10.1 Å². The van der Waals surface area contributed by atoms with E-state index in [9.17, 15) is 32.9 Å². The summed E-state index contributed by atoms with van der Waals surface area (Å²) in [6.45, 7) is 1.23. The zero-order valence-electron chi connectivity index (χ0n) is 24.0. The summed E-state index contributed by atoms with van der Waals surface area (Å²) < 4.78 is 60.6. The minimum absolute atomic E-state index is 0.00205. The molecule has 0 radical (unpaired) electrons. The maximum Gasteiger partial charge on any atom is 0.434 e. The molecule has 1 atom stereocenters. The van der Waals surface area contributed by atoms with Crippen LogP contribution in [0.4, 0.5) is 18.9 Å². The molecule has 0 aliphatic carbocycles. The molecule has 4 aromatic rings. The number of para-hydroxylation sites is 1. The molecule has 1 aromatic heterocycles. The van der Waals surface area contributed by atoms with Gasteiger partial charge in [0.2, 0.25) is 0 Å². The van der Waals surface area contributed by atoms with Crippen molar-refractivity contribution < 1.29 is 37.1 Å². The number of nitro benzene ring substituents is 1. The van der Waals surface area contributed by atoms with Gasteiger partial charge in [0.05, 0.1) is 34.8 Å². The Morgan fingerprint density at radius 2 is 1.83 bits per heavy atom. The van der Waals surface area contributed by atoms with E-state index < -0.39 is 39.9 Å². The molecule has 3 aromatic carbocycles. The van der Waals surface area contributed by atoms with Crippen molar-refractivity contribution in [2.75, 3.05) is 13.7 Å². The number of benzene rings is 3. The predicted molar refractivity (Wildman–Crippen MR) is 163 cm³/mol. The second kappa shape index (κ2) is 13.2. The number of halogens is 4. The maximum absolute atomic E-state index is 14.4. The van der Waals surface area contributed by atoms with E-state index in [1.807, 2.05) is 0 Å². The van der Waals surface area contributed by atoms with Gasteiger partial charge in [-0.3, -0.25) is 19.5 Å². The summed E-state index contributed by atoms with van der Waals surface area (Å²) >= 11 is 6.73. The molecule has 46 heavy (non-hydrogen) atoms. The van der Waals surface area contributed by atoms with Crippen molar-refractivity contribution in [3.8, 4) is 11.5 Å². The van der Waals surface area contributed by atoms with E-state index in [1.165, 1.54) is 68.6 Å². The highest BCUT2D eigenvalue weighted by Crippen LogP contribution is 2.39. The molecule has 5 rings (SSSR count). The fourth-order valence-electron chi connectivity index (χ4n) is 4.77. The molecule has 0 saturated carbocycles. The molecule has 1 aliphatic rings. The summed E-state index contributed by atoms with van der Waals surface area (Å²) in [5.41, 5.74) is -1.95. The van der Waals surface area contributed by atoms with Crippen LogP contribution < -0.4 is 24.4 Å². The van der Waals surface area contributed by atoms with Crippen molar-refractivity contribution in [3.05, 3.63) is 130 Å². The number of carbonyl (C=O) groups excluding carboxylic acids is 1. The van der Waals surface area contributed by atoms with Gasteiger partial charge in [0, 0.05) is 22.7 Å². The monoisotopic (exact) mass is 673 g/mol. The molecule has 0 fully saturated rings. The number of methoxy groups -OCH3 is 1. The van der Waals surface area contributed by atoms with E-state index in [0.29, 0.717) is 33.2 Å². The molecule has 0 saturated heterocycles. The smallest absolute Gasteiger partial charge is 0.434 e. The van der Waals surface area contributed by atoms with Crippen LogP contribution in [0.1, 0.15) is 29.7 Å². The third-order valence-electron chi connectivity index (χ3n) is 6.83. The summed E-state index contributed by atoms with van der Waals surface area (Å²) in [6.07, 6.45) is -3.62. The number of hydrogen-bond acceptors (Lipinski definition) is 9. The lowest BCUT2D eigenvalue weighted by molar-refractivity contribution is -0.384. The van der Waals surface area contributed by atoms with Crippen LogP contribution in [-0.2, 0) is 16.1 Å². The Kier molecular flexibility index (Phi) is 9.30. The fraction of sp³-hybridized carbons (Fsp3) is 0.194. The molecule has 0 spiro atoms. The third kappa shape index (κ3) is 6.53. The van der Waals surface area contributed by atoms with Crippen molar-refractivity contribution in [1.29, 1.82) is 0 Å². The Bertz CT molecular complexity index is 2020. The highest BCUT2D eigenvalue weighted by atomic mass is 35.5. The largest absolute Gasteiger partial charge is 0.493 e. The molecule has 1 aliphatic heterocycles. The van der Waals surface area contributed by atoms with E-state index in [1.54, 1.807) is 18.2 Å². The average Bonchev–Trinajstić information content (AvgIpc) is 3.34. The Morgan fingerprint density at radius 3 is 2.43 bits per heavy atom. The topological polar surface area (TPSA) is 122 Å². The van der Waals surface area contributed by atoms with Gasteiger partial charge in [-0.1, -0.05) is 47.2 Å². The first kappa shape index (κ1) is 32.4. The lowest BCUT2D eigenvalue weighted by Gasteiger charge is -2.26. The van der Waals surface area contributed by atoms with Crippen LogP contribution in [0.15, 0.2) is 87.8 Å². The van der Waals surface area contributed by atoms with Crippen molar-refractivity contribution in [2.24, 2.45) is 4.99 Å². The van der Waals surface area contributed by atoms with Gasteiger partial charge in [-0.15, -0.1) is 0 Å². The summed E-state index contributed by atoms with van der Waals surface area (Å²) in [5.74, 6) is -0.749.